The van der Waals surface area contributed by atoms with Crippen molar-refractivity contribution in [3.63, 3.8) is 0 Å². The third kappa shape index (κ3) is 3.93. The molecule has 0 aromatic carbocycles. The summed E-state index contributed by atoms with van der Waals surface area (Å²) < 4.78 is 5.84. The van der Waals surface area contributed by atoms with Crippen molar-refractivity contribution < 1.29 is 14.6 Å². The maximum absolute atomic E-state index is 11.4. The van der Waals surface area contributed by atoms with Crippen LogP contribution in [0.25, 0.3) is 0 Å². The summed E-state index contributed by atoms with van der Waals surface area (Å²) >= 11 is 0. The van der Waals surface area contributed by atoms with Crippen molar-refractivity contribution in [3.05, 3.63) is 0 Å². The number of nitrogens with zero attached hydrogens (tertiary/aromatic N) is 2. The SMILES string of the molecule is CC(C)CN1CCOC(CN2CCC(C)C2C(=O)O)C1. The third-order valence-corrected chi connectivity index (χ3v) is 4.34. The van der Waals surface area contributed by atoms with Crippen LogP contribution in [0.5, 0.6) is 0 Å². The maximum Gasteiger partial charge on any atom is 0.321 e. The van der Waals surface area contributed by atoms with Gasteiger partial charge in [-0.25, -0.2) is 0 Å². The zero-order valence-corrected chi connectivity index (χ0v) is 12.9. The number of rotatable bonds is 5. The molecular weight excluding hydrogens is 256 g/mol. The summed E-state index contributed by atoms with van der Waals surface area (Å²) in [5.74, 6) is 0.208. The summed E-state index contributed by atoms with van der Waals surface area (Å²) in [4.78, 5) is 15.9. The van der Waals surface area contributed by atoms with Crippen LogP contribution in [0, 0.1) is 11.8 Å². The summed E-state index contributed by atoms with van der Waals surface area (Å²) in [6, 6.07) is -0.334. The van der Waals surface area contributed by atoms with Crippen molar-refractivity contribution in [2.24, 2.45) is 11.8 Å². The Morgan fingerprint density at radius 1 is 1.40 bits per heavy atom. The second kappa shape index (κ2) is 6.87. The van der Waals surface area contributed by atoms with Crippen LogP contribution in [0.1, 0.15) is 27.2 Å². The molecule has 5 heteroatoms. The van der Waals surface area contributed by atoms with Gasteiger partial charge < -0.3 is 9.84 Å². The van der Waals surface area contributed by atoms with Crippen molar-refractivity contribution >= 4 is 5.97 Å². The van der Waals surface area contributed by atoms with E-state index in [1.165, 1.54) is 0 Å². The lowest BCUT2D eigenvalue weighted by molar-refractivity contribution is -0.144. The number of aliphatic carboxylic acids is 1. The molecule has 0 bridgehead atoms. The second-order valence-corrected chi connectivity index (χ2v) is 6.69. The van der Waals surface area contributed by atoms with Gasteiger partial charge in [0.05, 0.1) is 12.7 Å². The standard InChI is InChI=1S/C15H28N2O3/c1-11(2)8-16-6-7-20-13(9-16)10-17-5-4-12(3)14(17)15(18)19/h11-14H,4-10H2,1-3H3,(H,18,19). The first-order valence-corrected chi connectivity index (χ1v) is 7.78. The Balaban J connectivity index is 1.87. The molecule has 0 spiro atoms. The van der Waals surface area contributed by atoms with E-state index in [0.29, 0.717) is 5.92 Å². The Hall–Kier alpha value is -0.650. The van der Waals surface area contributed by atoms with Crippen LogP contribution in [0.4, 0.5) is 0 Å². The van der Waals surface area contributed by atoms with E-state index in [-0.39, 0.29) is 18.1 Å². The van der Waals surface area contributed by atoms with Gasteiger partial charge in [-0.15, -0.1) is 0 Å². The number of hydrogen-bond donors (Lipinski definition) is 1. The molecule has 0 aromatic heterocycles. The highest BCUT2D eigenvalue weighted by Gasteiger charge is 2.38. The molecule has 3 atom stereocenters. The smallest absolute Gasteiger partial charge is 0.321 e. The fourth-order valence-electron chi connectivity index (χ4n) is 3.47. The molecule has 0 amide bonds. The molecule has 2 saturated heterocycles. The Kier molecular flexibility index (Phi) is 5.41. The molecule has 0 saturated carbocycles. The summed E-state index contributed by atoms with van der Waals surface area (Å²) in [7, 11) is 0. The highest BCUT2D eigenvalue weighted by Crippen LogP contribution is 2.25. The first kappa shape index (κ1) is 15.7. The van der Waals surface area contributed by atoms with Gasteiger partial charge in [0, 0.05) is 26.2 Å². The highest BCUT2D eigenvalue weighted by atomic mass is 16.5. The number of hydrogen-bond acceptors (Lipinski definition) is 4. The number of ether oxygens (including phenoxy) is 1. The fourth-order valence-corrected chi connectivity index (χ4v) is 3.47. The number of carbonyl (C=O) groups is 1. The van der Waals surface area contributed by atoms with Crippen LogP contribution >= 0.6 is 0 Å². The lowest BCUT2D eigenvalue weighted by Gasteiger charge is -2.36. The van der Waals surface area contributed by atoms with Gasteiger partial charge >= 0.3 is 5.97 Å². The van der Waals surface area contributed by atoms with Gasteiger partial charge in [0.1, 0.15) is 6.04 Å². The average Bonchev–Trinajstić information content (AvgIpc) is 2.70. The lowest BCUT2D eigenvalue weighted by Crippen LogP contribution is -2.50. The van der Waals surface area contributed by atoms with Crippen LogP contribution < -0.4 is 0 Å². The Labute approximate surface area is 121 Å². The minimum atomic E-state index is -0.690. The van der Waals surface area contributed by atoms with Gasteiger partial charge in [0.25, 0.3) is 0 Å². The van der Waals surface area contributed by atoms with Gasteiger partial charge in [-0.2, -0.15) is 0 Å². The van der Waals surface area contributed by atoms with Crippen molar-refractivity contribution in [1.82, 2.24) is 9.80 Å². The molecule has 2 fully saturated rings. The summed E-state index contributed by atoms with van der Waals surface area (Å²) in [5.41, 5.74) is 0. The molecule has 116 valence electrons. The monoisotopic (exact) mass is 284 g/mol. The highest BCUT2D eigenvalue weighted by molar-refractivity contribution is 5.74. The van der Waals surface area contributed by atoms with E-state index >= 15 is 0 Å². The molecule has 5 nitrogen and oxygen atoms in total. The Bertz CT molecular complexity index is 335. The Morgan fingerprint density at radius 2 is 2.15 bits per heavy atom. The molecule has 2 aliphatic rings. The van der Waals surface area contributed by atoms with Crippen molar-refractivity contribution in [3.8, 4) is 0 Å². The van der Waals surface area contributed by atoms with Gasteiger partial charge in [0.15, 0.2) is 0 Å². The van der Waals surface area contributed by atoms with E-state index in [1.807, 2.05) is 6.92 Å². The van der Waals surface area contributed by atoms with Gasteiger partial charge in [-0.3, -0.25) is 14.6 Å². The summed E-state index contributed by atoms with van der Waals surface area (Å²) in [6.07, 6.45) is 1.12. The van der Waals surface area contributed by atoms with Crippen LogP contribution in [-0.4, -0.2) is 72.4 Å². The van der Waals surface area contributed by atoms with E-state index < -0.39 is 5.97 Å². The average molecular weight is 284 g/mol. The van der Waals surface area contributed by atoms with Crippen molar-refractivity contribution in [2.45, 2.75) is 39.3 Å². The van der Waals surface area contributed by atoms with E-state index in [4.69, 9.17) is 4.74 Å². The van der Waals surface area contributed by atoms with Crippen LogP contribution in [0.2, 0.25) is 0 Å². The topological polar surface area (TPSA) is 53.0 Å². The van der Waals surface area contributed by atoms with E-state index in [9.17, 15) is 9.90 Å². The molecule has 2 heterocycles. The predicted molar refractivity (Wildman–Crippen MR) is 77.8 cm³/mol. The molecule has 20 heavy (non-hydrogen) atoms. The number of likely N-dealkylation sites (tertiary alicyclic amines) is 1. The minimum Gasteiger partial charge on any atom is -0.480 e. The molecule has 0 aliphatic carbocycles. The van der Waals surface area contributed by atoms with Gasteiger partial charge in [-0.05, 0) is 24.8 Å². The molecular formula is C15H28N2O3. The van der Waals surface area contributed by atoms with Crippen molar-refractivity contribution in [1.29, 1.82) is 0 Å². The molecule has 2 rings (SSSR count). The Morgan fingerprint density at radius 3 is 2.80 bits per heavy atom. The lowest BCUT2D eigenvalue weighted by atomic mass is 10.0. The van der Waals surface area contributed by atoms with Crippen molar-refractivity contribution in [2.75, 3.05) is 39.3 Å². The first-order chi connectivity index (χ1) is 9.47. The van der Waals surface area contributed by atoms with Gasteiger partial charge in [0.2, 0.25) is 0 Å². The molecule has 2 aliphatic heterocycles. The first-order valence-electron chi connectivity index (χ1n) is 7.78. The van der Waals surface area contributed by atoms with Crippen LogP contribution in [-0.2, 0) is 9.53 Å². The van der Waals surface area contributed by atoms with E-state index in [1.54, 1.807) is 0 Å². The zero-order valence-electron chi connectivity index (χ0n) is 12.9. The maximum atomic E-state index is 11.4. The second-order valence-electron chi connectivity index (χ2n) is 6.69. The molecule has 0 aromatic rings. The fraction of sp³-hybridized carbons (Fsp3) is 0.933. The normalized spacial score (nSPS) is 32.9. The third-order valence-electron chi connectivity index (χ3n) is 4.34. The molecule has 0 radical (unpaired) electrons. The largest absolute Gasteiger partial charge is 0.480 e. The summed E-state index contributed by atoms with van der Waals surface area (Å²) in [6.45, 7) is 11.9. The van der Waals surface area contributed by atoms with E-state index in [2.05, 4.69) is 23.6 Å². The molecule has 3 unspecified atom stereocenters. The number of carboxylic acids is 1. The number of morpholine rings is 1. The minimum absolute atomic E-state index is 0.148. The van der Waals surface area contributed by atoms with Crippen LogP contribution in [0.15, 0.2) is 0 Å². The van der Waals surface area contributed by atoms with Gasteiger partial charge in [-0.1, -0.05) is 20.8 Å². The zero-order chi connectivity index (χ0) is 14.7. The molecule has 1 N–H and O–H groups in total. The quantitative estimate of drug-likeness (QED) is 0.820. The van der Waals surface area contributed by atoms with E-state index in [0.717, 1.165) is 45.8 Å². The summed E-state index contributed by atoms with van der Waals surface area (Å²) in [5, 5.41) is 9.36. The van der Waals surface area contributed by atoms with Crippen LogP contribution in [0.3, 0.4) is 0 Å². The number of carboxylic acid groups (broad SMARTS) is 1. The predicted octanol–water partition coefficient (Wildman–Crippen LogP) is 1.14.